The maximum Gasteiger partial charge on any atom is 0.127 e. The summed E-state index contributed by atoms with van der Waals surface area (Å²) < 4.78 is 4.64. The molecule has 0 fully saturated rings. The molecule has 0 saturated heterocycles. The number of aromatic nitrogens is 2. The molecule has 4 nitrogen and oxygen atoms in total. The van der Waals surface area contributed by atoms with Crippen LogP contribution >= 0.6 is 0 Å². The third-order valence-electron chi connectivity index (χ3n) is 2.78. The van der Waals surface area contributed by atoms with Crippen LogP contribution in [0, 0.1) is 6.92 Å². The molecule has 0 aliphatic rings. The van der Waals surface area contributed by atoms with Gasteiger partial charge in [-0.1, -0.05) is 36.3 Å². The predicted molar refractivity (Wildman–Crippen MR) is 66.9 cm³/mol. The van der Waals surface area contributed by atoms with Crippen molar-refractivity contribution < 1.29 is 4.63 Å². The van der Waals surface area contributed by atoms with Gasteiger partial charge >= 0.3 is 0 Å². The topological polar surface area (TPSA) is 51.0 Å². The fourth-order valence-electron chi connectivity index (χ4n) is 1.58. The van der Waals surface area contributed by atoms with Crippen molar-refractivity contribution in [3.63, 3.8) is 0 Å². The van der Waals surface area contributed by atoms with E-state index in [2.05, 4.69) is 58.4 Å². The molecule has 0 radical (unpaired) electrons. The van der Waals surface area contributed by atoms with E-state index in [0.29, 0.717) is 12.5 Å². The zero-order chi connectivity index (χ0) is 12.3. The van der Waals surface area contributed by atoms with Gasteiger partial charge in [-0.2, -0.15) is 0 Å². The van der Waals surface area contributed by atoms with Crippen molar-refractivity contribution in [2.24, 2.45) is 0 Å². The van der Waals surface area contributed by atoms with Gasteiger partial charge in [-0.25, -0.2) is 4.63 Å². The summed E-state index contributed by atoms with van der Waals surface area (Å²) in [6.07, 6.45) is 0. The number of aryl methyl sites for hydroxylation is 1. The van der Waals surface area contributed by atoms with Crippen LogP contribution in [0.4, 0.5) is 5.69 Å². The van der Waals surface area contributed by atoms with Gasteiger partial charge in [-0.3, -0.25) is 0 Å². The number of rotatable bonds is 4. The number of nitrogens with one attached hydrogen (secondary N) is 1. The second-order valence-corrected chi connectivity index (χ2v) is 4.43. The number of benzene rings is 1. The summed E-state index contributed by atoms with van der Waals surface area (Å²) in [6, 6.07) is 8.44. The minimum absolute atomic E-state index is 0.561. The third-order valence-corrected chi connectivity index (χ3v) is 2.78. The number of hydrogen-bond acceptors (Lipinski definition) is 4. The molecule has 0 aliphatic heterocycles. The molecule has 2 aromatic rings. The number of nitrogens with zero attached hydrogens (tertiary/aromatic N) is 2. The van der Waals surface area contributed by atoms with E-state index in [1.807, 2.05) is 6.92 Å². The van der Waals surface area contributed by atoms with E-state index in [1.165, 1.54) is 5.56 Å². The van der Waals surface area contributed by atoms with Crippen molar-refractivity contribution >= 4 is 5.69 Å². The van der Waals surface area contributed by atoms with Gasteiger partial charge in [0, 0.05) is 5.69 Å². The fourth-order valence-corrected chi connectivity index (χ4v) is 1.58. The van der Waals surface area contributed by atoms with Gasteiger partial charge in [0.2, 0.25) is 0 Å². The lowest BCUT2D eigenvalue weighted by molar-refractivity contribution is 0.301. The van der Waals surface area contributed by atoms with E-state index in [0.717, 1.165) is 17.1 Å². The Morgan fingerprint density at radius 1 is 1.18 bits per heavy atom. The highest BCUT2D eigenvalue weighted by Crippen LogP contribution is 2.17. The molecule has 2 rings (SSSR count). The molecule has 0 spiro atoms. The molecule has 1 N–H and O–H groups in total. The van der Waals surface area contributed by atoms with Crippen molar-refractivity contribution in [1.29, 1.82) is 0 Å². The molecule has 0 unspecified atom stereocenters. The molecule has 0 bridgehead atoms. The molecule has 1 aromatic heterocycles. The van der Waals surface area contributed by atoms with Crippen molar-refractivity contribution in [3.05, 3.63) is 41.2 Å². The summed E-state index contributed by atoms with van der Waals surface area (Å²) in [4.78, 5) is 0. The Morgan fingerprint density at radius 2 is 1.88 bits per heavy atom. The van der Waals surface area contributed by atoms with E-state index < -0.39 is 0 Å². The van der Waals surface area contributed by atoms with Gasteiger partial charge in [0.25, 0.3) is 0 Å². The smallest absolute Gasteiger partial charge is 0.127 e. The van der Waals surface area contributed by atoms with Crippen LogP contribution < -0.4 is 5.32 Å². The van der Waals surface area contributed by atoms with Gasteiger partial charge in [-0.05, 0) is 30.5 Å². The first kappa shape index (κ1) is 11.6. The molecule has 0 amide bonds. The van der Waals surface area contributed by atoms with E-state index in [4.69, 9.17) is 0 Å². The molecule has 1 heterocycles. The Labute approximate surface area is 101 Å². The summed E-state index contributed by atoms with van der Waals surface area (Å²) in [5.74, 6) is 0.561. The average Bonchev–Trinajstić information content (AvgIpc) is 2.73. The van der Waals surface area contributed by atoms with Crippen LogP contribution in [0.3, 0.4) is 0 Å². The summed E-state index contributed by atoms with van der Waals surface area (Å²) in [5.41, 5.74) is 4.10. The normalized spacial score (nSPS) is 10.8. The summed E-state index contributed by atoms with van der Waals surface area (Å²) in [6.45, 7) is 6.89. The Kier molecular flexibility index (Phi) is 3.42. The minimum atomic E-state index is 0.561. The largest absolute Gasteiger partial charge is 0.379 e. The fraction of sp³-hybridized carbons (Fsp3) is 0.385. The van der Waals surface area contributed by atoms with Gasteiger partial charge in [0.1, 0.15) is 11.4 Å². The quantitative estimate of drug-likeness (QED) is 0.878. The zero-order valence-electron chi connectivity index (χ0n) is 10.4. The molecule has 1 aromatic carbocycles. The molecular formula is C13H17N3O. The highest BCUT2D eigenvalue weighted by Gasteiger charge is 2.04. The second-order valence-electron chi connectivity index (χ2n) is 4.43. The Hall–Kier alpha value is -1.84. The molecule has 0 atom stereocenters. The van der Waals surface area contributed by atoms with Crippen LogP contribution in [0.2, 0.25) is 0 Å². The average molecular weight is 231 g/mol. The third kappa shape index (κ3) is 2.84. The maximum absolute atomic E-state index is 4.64. The van der Waals surface area contributed by atoms with Crippen LogP contribution in [0.15, 0.2) is 28.9 Å². The molecule has 17 heavy (non-hydrogen) atoms. The first-order valence-corrected chi connectivity index (χ1v) is 5.78. The lowest BCUT2D eigenvalue weighted by Gasteiger charge is -2.08. The number of hydrogen-bond donors (Lipinski definition) is 1. The monoisotopic (exact) mass is 231 g/mol. The summed E-state index contributed by atoms with van der Waals surface area (Å²) in [7, 11) is 0. The summed E-state index contributed by atoms with van der Waals surface area (Å²) in [5, 5.41) is 10.9. The lowest BCUT2D eigenvalue weighted by Crippen LogP contribution is -2.01. The Bertz CT molecular complexity index is 474. The van der Waals surface area contributed by atoms with Gasteiger partial charge in [0.05, 0.1) is 6.54 Å². The van der Waals surface area contributed by atoms with Crippen LogP contribution in [0.5, 0.6) is 0 Å². The highest BCUT2D eigenvalue weighted by molar-refractivity contribution is 5.45. The Balaban J connectivity index is 1.98. The van der Waals surface area contributed by atoms with E-state index in [1.54, 1.807) is 0 Å². The SMILES string of the molecule is Cc1nonc1CNc1ccc(C(C)C)cc1. The first-order valence-electron chi connectivity index (χ1n) is 5.78. The van der Waals surface area contributed by atoms with Gasteiger partial charge in [-0.15, -0.1) is 0 Å². The summed E-state index contributed by atoms with van der Waals surface area (Å²) >= 11 is 0. The number of anilines is 1. The van der Waals surface area contributed by atoms with Crippen LogP contribution in [-0.2, 0) is 6.54 Å². The van der Waals surface area contributed by atoms with Crippen molar-refractivity contribution in [2.45, 2.75) is 33.2 Å². The van der Waals surface area contributed by atoms with Gasteiger partial charge < -0.3 is 5.32 Å². The molecular weight excluding hydrogens is 214 g/mol. The second kappa shape index (κ2) is 4.99. The Morgan fingerprint density at radius 3 is 2.41 bits per heavy atom. The van der Waals surface area contributed by atoms with Crippen LogP contribution in [0.1, 0.15) is 36.7 Å². The van der Waals surface area contributed by atoms with Crippen molar-refractivity contribution in [3.8, 4) is 0 Å². The van der Waals surface area contributed by atoms with E-state index in [-0.39, 0.29) is 0 Å². The zero-order valence-corrected chi connectivity index (χ0v) is 10.4. The van der Waals surface area contributed by atoms with Crippen molar-refractivity contribution in [1.82, 2.24) is 10.3 Å². The van der Waals surface area contributed by atoms with E-state index >= 15 is 0 Å². The van der Waals surface area contributed by atoms with E-state index in [9.17, 15) is 0 Å². The molecule has 4 heteroatoms. The molecule has 90 valence electrons. The first-order chi connectivity index (χ1) is 8.16. The van der Waals surface area contributed by atoms with Crippen LogP contribution in [0.25, 0.3) is 0 Å². The highest BCUT2D eigenvalue weighted by atomic mass is 16.6. The molecule has 0 aliphatic carbocycles. The maximum atomic E-state index is 4.64. The standard InChI is InChI=1S/C13H17N3O/c1-9(2)11-4-6-12(7-5-11)14-8-13-10(3)15-17-16-13/h4-7,9,14H,8H2,1-3H3. The van der Waals surface area contributed by atoms with Crippen molar-refractivity contribution in [2.75, 3.05) is 5.32 Å². The predicted octanol–water partition coefficient (Wildman–Crippen LogP) is 3.11. The lowest BCUT2D eigenvalue weighted by atomic mass is 10.0. The van der Waals surface area contributed by atoms with Gasteiger partial charge in [0.15, 0.2) is 0 Å². The molecule has 0 saturated carbocycles. The minimum Gasteiger partial charge on any atom is -0.379 e. The van der Waals surface area contributed by atoms with Crippen LogP contribution in [-0.4, -0.2) is 10.3 Å².